The molecule has 1 N–H and O–H groups in total. The molecule has 4 heteroatoms. The summed E-state index contributed by atoms with van der Waals surface area (Å²) in [6.07, 6.45) is 4.80. The van der Waals surface area contributed by atoms with Gasteiger partial charge < -0.3 is 10.1 Å². The Labute approximate surface area is 120 Å². The van der Waals surface area contributed by atoms with Crippen molar-refractivity contribution in [3.63, 3.8) is 0 Å². The van der Waals surface area contributed by atoms with Crippen LogP contribution in [0.1, 0.15) is 25.3 Å². The third-order valence-electron chi connectivity index (χ3n) is 2.85. The monoisotopic (exact) mass is 271 g/mol. The second-order valence-electron chi connectivity index (χ2n) is 4.58. The molecule has 0 bridgehead atoms. The van der Waals surface area contributed by atoms with E-state index in [-0.39, 0.29) is 0 Å². The summed E-state index contributed by atoms with van der Waals surface area (Å²) in [5.41, 5.74) is 1.36. The van der Waals surface area contributed by atoms with Crippen molar-refractivity contribution in [1.29, 1.82) is 0 Å². The molecule has 1 aromatic heterocycles. The number of anilines is 1. The lowest BCUT2D eigenvalue weighted by molar-refractivity contribution is 0.305. The minimum atomic E-state index is 0.631. The predicted molar refractivity (Wildman–Crippen MR) is 81.1 cm³/mol. The molecule has 0 amide bonds. The Hall–Kier alpha value is -2.10. The average Bonchev–Trinajstić information content (AvgIpc) is 2.51. The lowest BCUT2D eigenvalue weighted by atomic mass is 10.1. The normalized spacial score (nSPS) is 10.2. The largest absolute Gasteiger partial charge is 0.478 e. The molecule has 0 atom stereocenters. The summed E-state index contributed by atoms with van der Waals surface area (Å²) >= 11 is 0. The maximum Gasteiger partial charge on any atom is 0.225 e. The Morgan fingerprint density at radius 3 is 2.80 bits per heavy atom. The second kappa shape index (κ2) is 8.15. The molecule has 20 heavy (non-hydrogen) atoms. The maximum atomic E-state index is 5.48. The molecule has 0 spiro atoms. The first-order valence-electron chi connectivity index (χ1n) is 7.12. The minimum Gasteiger partial charge on any atom is -0.478 e. The van der Waals surface area contributed by atoms with E-state index in [1.165, 1.54) is 5.56 Å². The highest BCUT2D eigenvalue weighted by Gasteiger charge is 1.99. The van der Waals surface area contributed by atoms with Crippen LogP contribution in [0.15, 0.2) is 42.6 Å². The number of hydrogen-bond acceptors (Lipinski definition) is 4. The van der Waals surface area contributed by atoms with Crippen molar-refractivity contribution < 1.29 is 4.74 Å². The van der Waals surface area contributed by atoms with Crippen LogP contribution in [-0.4, -0.2) is 23.1 Å². The molecule has 0 saturated carbocycles. The Bertz CT molecular complexity index is 502. The van der Waals surface area contributed by atoms with Gasteiger partial charge in [-0.15, -0.1) is 0 Å². The SMILES string of the molecule is CCCOc1ccnc(NCCCc2ccccc2)n1. The third kappa shape index (κ3) is 4.88. The van der Waals surface area contributed by atoms with Gasteiger partial charge in [-0.1, -0.05) is 37.3 Å². The molecule has 1 heterocycles. The van der Waals surface area contributed by atoms with E-state index in [0.29, 0.717) is 18.4 Å². The van der Waals surface area contributed by atoms with Gasteiger partial charge in [0.2, 0.25) is 11.8 Å². The van der Waals surface area contributed by atoms with Crippen LogP contribution in [0.25, 0.3) is 0 Å². The van der Waals surface area contributed by atoms with Crippen molar-refractivity contribution >= 4 is 5.95 Å². The maximum absolute atomic E-state index is 5.48. The second-order valence-corrected chi connectivity index (χ2v) is 4.58. The Kier molecular flexibility index (Phi) is 5.83. The lowest BCUT2D eigenvalue weighted by Gasteiger charge is -2.07. The molecule has 1 aromatic carbocycles. The van der Waals surface area contributed by atoms with E-state index < -0.39 is 0 Å². The molecule has 0 aliphatic carbocycles. The fourth-order valence-electron chi connectivity index (χ4n) is 1.85. The predicted octanol–water partition coefficient (Wildman–Crippen LogP) is 3.31. The van der Waals surface area contributed by atoms with Crippen LogP contribution in [-0.2, 0) is 6.42 Å². The van der Waals surface area contributed by atoms with E-state index in [0.717, 1.165) is 25.8 Å². The quantitative estimate of drug-likeness (QED) is 0.748. The van der Waals surface area contributed by atoms with Crippen molar-refractivity contribution in [1.82, 2.24) is 9.97 Å². The first-order valence-corrected chi connectivity index (χ1v) is 7.12. The van der Waals surface area contributed by atoms with Crippen molar-refractivity contribution in [2.45, 2.75) is 26.2 Å². The van der Waals surface area contributed by atoms with Crippen molar-refractivity contribution in [3.05, 3.63) is 48.2 Å². The van der Waals surface area contributed by atoms with E-state index in [9.17, 15) is 0 Å². The molecule has 0 fully saturated rings. The zero-order valence-electron chi connectivity index (χ0n) is 11.9. The van der Waals surface area contributed by atoms with Crippen LogP contribution in [0.4, 0.5) is 5.95 Å². The molecule has 106 valence electrons. The molecule has 0 unspecified atom stereocenters. The number of benzene rings is 1. The molecule has 0 aliphatic heterocycles. The molecule has 2 rings (SSSR count). The number of nitrogens with zero attached hydrogens (tertiary/aromatic N) is 2. The number of rotatable bonds is 8. The van der Waals surface area contributed by atoms with Gasteiger partial charge >= 0.3 is 0 Å². The van der Waals surface area contributed by atoms with Gasteiger partial charge in [0, 0.05) is 18.8 Å². The van der Waals surface area contributed by atoms with Gasteiger partial charge in [-0.25, -0.2) is 4.98 Å². The summed E-state index contributed by atoms with van der Waals surface area (Å²) in [6.45, 7) is 3.61. The average molecular weight is 271 g/mol. The Morgan fingerprint density at radius 2 is 2.00 bits per heavy atom. The number of aromatic nitrogens is 2. The lowest BCUT2D eigenvalue weighted by Crippen LogP contribution is -2.07. The summed E-state index contributed by atoms with van der Waals surface area (Å²) in [5.74, 6) is 1.26. The topological polar surface area (TPSA) is 47.0 Å². The summed E-state index contributed by atoms with van der Waals surface area (Å²) in [4.78, 5) is 8.50. The van der Waals surface area contributed by atoms with Crippen LogP contribution in [0, 0.1) is 0 Å². The van der Waals surface area contributed by atoms with Crippen LogP contribution >= 0.6 is 0 Å². The summed E-state index contributed by atoms with van der Waals surface area (Å²) < 4.78 is 5.48. The minimum absolute atomic E-state index is 0.631. The van der Waals surface area contributed by atoms with E-state index in [1.54, 1.807) is 12.3 Å². The van der Waals surface area contributed by atoms with E-state index >= 15 is 0 Å². The molecular formula is C16H21N3O. The first kappa shape index (κ1) is 14.3. The van der Waals surface area contributed by atoms with Crippen LogP contribution in [0.2, 0.25) is 0 Å². The molecule has 4 nitrogen and oxygen atoms in total. The van der Waals surface area contributed by atoms with Gasteiger partial charge in [-0.05, 0) is 24.8 Å². The van der Waals surface area contributed by atoms with Crippen molar-refractivity contribution in [3.8, 4) is 5.88 Å². The Balaban J connectivity index is 1.73. The smallest absolute Gasteiger partial charge is 0.225 e. The van der Waals surface area contributed by atoms with E-state index in [1.807, 2.05) is 6.07 Å². The molecule has 0 radical (unpaired) electrons. The van der Waals surface area contributed by atoms with Crippen LogP contribution < -0.4 is 10.1 Å². The van der Waals surface area contributed by atoms with Gasteiger partial charge in [-0.2, -0.15) is 4.98 Å². The number of aryl methyl sites for hydroxylation is 1. The highest BCUT2D eigenvalue weighted by Crippen LogP contribution is 2.09. The Morgan fingerprint density at radius 1 is 1.15 bits per heavy atom. The standard InChI is InChI=1S/C16H21N3O/c1-2-13-20-15-10-12-18-16(19-15)17-11-6-9-14-7-4-3-5-8-14/h3-5,7-8,10,12H,2,6,9,11,13H2,1H3,(H,17,18,19). The molecule has 0 aliphatic rings. The zero-order chi connectivity index (χ0) is 14.0. The van der Waals surface area contributed by atoms with E-state index in [2.05, 4.69) is 46.5 Å². The zero-order valence-corrected chi connectivity index (χ0v) is 11.9. The highest BCUT2D eigenvalue weighted by atomic mass is 16.5. The fourth-order valence-corrected chi connectivity index (χ4v) is 1.85. The molecule has 2 aromatic rings. The summed E-state index contributed by atoms with van der Waals surface area (Å²) in [6, 6.07) is 12.3. The van der Waals surface area contributed by atoms with Crippen LogP contribution in [0.5, 0.6) is 5.88 Å². The summed E-state index contributed by atoms with van der Waals surface area (Å²) in [7, 11) is 0. The molecular weight excluding hydrogens is 250 g/mol. The van der Waals surface area contributed by atoms with Crippen molar-refractivity contribution in [2.24, 2.45) is 0 Å². The third-order valence-corrected chi connectivity index (χ3v) is 2.85. The van der Waals surface area contributed by atoms with Gasteiger partial charge in [0.15, 0.2) is 0 Å². The van der Waals surface area contributed by atoms with Gasteiger partial charge in [0.1, 0.15) is 0 Å². The highest BCUT2D eigenvalue weighted by molar-refractivity contribution is 5.27. The summed E-state index contributed by atoms with van der Waals surface area (Å²) in [5, 5.41) is 3.23. The first-order chi connectivity index (χ1) is 9.88. The number of nitrogens with one attached hydrogen (secondary N) is 1. The number of hydrogen-bond donors (Lipinski definition) is 1. The van der Waals surface area contributed by atoms with Crippen LogP contribution in [0.3, 0.4) is 0 Å². The van der Waals surface area contributed by atoms with Crippen molar-refractivity contribution in [2.75, 3.05) is 18.5 Å². The van der Waals surface area contributed by atoms with Gasteiger partial charge in [0.05, 0.1) is 6.61 Å². The fraction of sp³-hybridized carbons (Fsp3) is 0.375. The number of ether oxygens (including phenoxy) is 1. The molecule has 0 saturated heterocycles. The van der Waals surface area contributed by atoms with Gasteiger partial charge in [-0.3, -0.25) is 0 Å². The van der Waals surface area contributed by atoms with Gasteiger partial charge in [0.25, 0.3) is 0 Å². The van der Waals surface area contributed by atoms with E-state index in [4.69, 9.17) is 4.74 Å².